The Bertz CT molecular complexity index is 329. The first-order chi connectivity index (χ1) is 6.31. The zero-order valence-corrected chi connectivity index (χ0v) is 8.12. The number of para-hydroxylation sites is 1. The van der Waals surface area contributed by atoms with Gasteiger partial charge in [-0.15, -0.1) is 16.7 Å². The van der Waals surface area contributed by atoms with Crippen molar-refractivity contribution >= 4 is 17.4 Å². The maximum atomic E-state index is 10.5. The van der Waals surface area contributed by atoms with Crippen molar-refractivity contribution in [3.8, 4) is 0 Å². The molecule has 1 aromatic rings. The maximum absolute atomic E-state index is 10.5. The van der Waals surface area contributed by atoms with Crippen molar-refractivity contribution in [3.05, 3.63) is 29.2 Å². The molecule has 1 atom stereocenters. The average Bonchev–Trinajstić information content (AvgIpc) is 2.16. The van der Waals surface area contributed by atoms with Crippen LogP contribution in [0.15, 0.2) is 34.4 Å². The Morgan fingerprint density at radius 3 is 3.08 bits per heavy atom. The van der Waals surface area contributed by atoms with Gasteiger partial charge in [0.1, 0.15) is 0 Å². The van der Waals surface area contributed by atoms with Crippen LogP contribution in [0.25, 0.3) is 0 Å². The smallest absolute Gasteiger partial charge is 0.0762 e. The Labute approximate surface area is 81.1 Å². The van der Waals surface area contributed by atoms with Crippen molar-refractivity contribution in [1.82, 2.24) is 0 Å². The summed E-state index contributed by atoms with van der Waals surface area (Å²) in [5.74, 6) is 0. The summed E-state index contributed by atoms with van der Waals surface area (Å²) in [6, 6.07) is 7.85. The molecule has 1 heterocycles. The van der Waals surface area contributed by atoms with Crippen molar-refractivity contribution in [2.24, 2.45) is 5.29 Å². The van der Waals surface area contributed by atoms with E-state index in [4.69, 9.17) is 0 Å². The van der Waals surface area contributed by atoms with Crippen LogP contribution in [0, 0.1) is 4.91 Å². The standard InChI is InChI=1S/C9H10N2OS/c1-7-6-11(10-12)8-4-2-3-5-9(8)13-7/h2-5,7H,6H2,1H3. The molecule has 2 rings (SSSR count). The molecule has 0 saturated carbocycles. The van der Waals surface area contributed by atoms with Gasteiger partial charge in [-0.25, -0.2) is 5.01 Å². The number of rotatable bonds is 1. The summed E-state index contributed by atoms with van der Waals surface area (Å²) in [7, 11) is 0. The van der Waals surface area contributed by atoms with Gasteiger partial charge in [-0.3, -0.25) is 0 Å². The SMILES string of the molecule is CC1CN(N=O)c2ccccc2S1. The minimum Gasteiger partial charge on any atom is -0.227 e. The van der Waals surface area contributed by atoms with E-state index in [0.29, 0.717) is 11.8 Å². The quantitative estimate of drug-likeness (QED) is 0.644. The second-order valence-electron chi connectivity index (χ2n) is 3.06. The molecule has 1 aliphatic heterocycles. The summed E-state index contributed by atoms with van der Waals surface area (Å²) in [5, 5.41) is 4.96. The van der Waals surface area contributed by atoms with E-state index < -0.39 is 0 Å². The molecule has 0 aromatic heterocycles. The van der Waals surface area contributed by atoms with Gasteiger partial charge in [-0.2, -0.15) is 0 Å². The fourth-order valence-corrected chi connectivity index (χ4v) is 2.54. The normalized spacial score (nSPS) is 21.0. The van der Waals surface area contributed by atoms with Gasteiger partial charge in [0.05, 0.1) is 17.5 Å². The molecule has 0 spiro atoms. The van der Waals surface area contributed by atoms with Crippen LogP contribution in [0.4, 0.5) is 5.69 Å². The van der Waals surface area contributed by atoms with Gasteiger partial charge in [0.2, 0.25) is 0 Å². The van der Waals surface area contributed by atoms with Gasteiger partial charge in [-0.1, -0.05) is 19.1 Å². The lowest BCUT2D eigenvalue weighted by Crippen LogP contribution is -2.28. The first kappa shape index (κ1) is 8.56. The zero-order chi connectivity index (χ0) is 9.26. The third-order valence-electron chi connectivity index (χ3n) is 2.00. The number of anilines is 1. The van der Waals surface area contributed by atoms with Gasteiger partial charge in [0.25, 0.3) is 0 Å². The molecule has 0 N–H and O–H groups in total. The van der Waals surface area contributed by atoms with Crippen LogP contribution >= 0.6 is 11.8 Å². The fourth-order valence-electron chi connectivity index (χ4n) is 1.44. The molecule has 0 saturated heterocycles. The largest absolute Gasteiger partial charge is 0.227 e. The number of hydrogen-bond donors (Lipinski definition) is 0. The van der Waals surface area contributed by atoms with Crippen molar-refractivity contribution in [2.45, 2.75) is 17.1 Å². The molecule has 0 bridgehead atoms. The second kappa shape index (κ2) is 3.38. The highest BCUT2D eigenvalue weighted by Crippen LogP contribution is 2.37. The molecular formula is C9H10N2OS. The van der Waals surface area contributed by atoms with Crippen LogP contribution in [-0.2, 0) is 0 Å². The minimum absolute atomic E-state index is 0.424. The first-order valence-electron chi connectivity index (χ1n) is 4.18. The van der Waals surface area contributed by atoms with Crippen LogP contribution in [-0.4, -0.2) is 11.8 Å². The number of nitrogens with zero attached hydrogens (tertiary/aromatic N) is 2. The average molecular weight is 194 g/mol. The summed E-state index contributed by atoms with van der Waals surface area (Å²) in [6.07, 6.45) is 0. The van der Waals surface area contributed by atoms with E-state index >= 15 is 0 Å². The maximum Gasteiger partial charge on any atom is 0.0762 e. The van der Waals surface area contributed by atoms with E-state index in [1.54, 1.807) is 11.8 Å². The zero-order valence-electron chi connectivity index (χ0n) is 7.30. The van der Waals surface area contributed by atoms with Gasteiger partial charge in [0.15, 0.2) is 0 Å². The van der Waals surface area contributed by atoms with E-state index in [1.807, 2.05) is 24.3 Å². The summed E-state index contributed by atoms with van der Waals surface area (Å²) >= 11 is 1.79. The van der Waals surface area contributed by atoms with Gasteiger partial charge in [0, 0.05) is 10.1 Å². The summed E-state index contributed by atoms with van der Waals surface area (Å²) < 4.78 is 0. The molecule has 13 heavy (non-hydrogen) atoms. The van der Waals surface area contributed by atoms with Crippen LogP contribution in [0.5, 0.6) is 0 Å². The number of hydrogen-bond acceptors (Lipinski definition) is 3. The first-order valence-corrected chi connectivity index (χ1v) is 5.05. The molecule has 1 unspecified atom stereocenters. The van der Waals surface area contributed by atoms with Gasteiger partial charge in [-0.05, 0) is 12.1 Å². The Kier molecular flexibility index (Phi) is 2.22. The van der Waals surface area contributed by atoms with Crippen LogP contribution < -0.4 is 5.01 Å². The van der Waals surface area contributed by atoms with Crippen molar-refractivity contribution in [2.75, 3.05) is 11.6 Å². The molecular weight excluding hydrogens is 184 g/mol. The molecule has 3 nitrogen and oxygen atoms in total. The van der Waals surface area contributed by atoms with E-state index in [0.717, 1.165) is 10.6 Å². The molecule has 1 aliphatic rings. The Balaban J connectivity index is 2.42. The molecule has 4 heteroatoms. The number of nitroso groups, excluding NO2 is 1. The Morgan fingerprint density at radius 1 is 1.54 bits per heavy atom. The van der Waals surface area contributed by atoms with Crippen LogP contribution in [0.3, 0.4) is 0 Å². The van der Waals surface area contributed by atoms with Gasteiger partial charge >= 0.3 is 0 Å². The highest BCUT2D eigenvalue weighted by molar-refractivity contribution is 8.00. The van der Waals surface area contributed by atoms with Crippen LogP contribution in [0.1, 0.15) is 6.92 Å². The van der Waals surface area contributed by atoms with E-state index in [2.05, 4.69) is 12.2 Å². The number of fused-ring (bicyclic) bond motifs is 1. The lowest BCUT2D eigenvalue weighted by molar-refractivity contribution is 0.790. The Hall–Kier alpha value is -1.03. The molecule has 68 valence electrons. The third-order valence-corrected chi connectivity index (χ3v) is 3.15. The lowest BCUT2D eigenvalue weighted by Gasteiger charge is -2.27. The fraction of sp³-hybridized carbons (Fsp3) is 0.333. The topological polar surface area (TPSA) is 32.7 Å². The highest BCUT2D eigenvalue weighted by atomic mass is 32.2. The predicted molar refractivity (Wildman–Crippen MR) is 54.9 cm³/mol. The van der Waals surface area contributed by atoms with E-state index in [-0.39, 0.29) is 0 Å². The summed E-state index contributed by atoms with van der Waals surface area (Å²) in [5.41, 5.74) is 0.931. The minimum atomic E-state index is 0.424. The molecule has 1 aromatic carbocycles. The number of benzene rings is 1. The van der Waals surface area contributed by atoms with Gasteiger partial charge < -0.3 is 0 Å². The monoisotopic (exact) mass is 194 g/mol. The second-order valence-corrected chi connectivity index (χ2v) is 4.54. The Morgan fingerprint density at radius 2 is 2.31 bits per heavy atom. The molecule has 0 fully saturated rings. The van der Waals surface area contributed by atoms with Crippen LogP contribution in [0.2, 0.25) is 0 Å². The number of thioether (sulfide) groups is 1. The van der Waals surface area contributed by atoms with Crippen molar-refractivity contribution < 1.29 is 0 Å². The highest BCUT2D eigenvalue weighted by Gasteiger charge is 2.22. The molecule has 0 amide bonds. The van der Waals surface area contributed by atoms with Crippen molar-refractivity contribution in [1.29, 1.82) is 0 Å². The van der Waals surface area contributed by atoms with E-state index in [9.17, 15) is 4.91 Å². The van der Waals surface area contributed by atoms with Crippen molar-refractivity contribution in [3.63, 3.8) is 0 Å². The summed E-state index contributed by atoms with van der Waals surface area (Å²) in [4.78, 5) is 11.7. The molecule has 0 aliphatic carbocycles. The lowest BCUT2D eigenvalue weighted by atomic mass is 10.3. The summed E-state index contributed by atoms with van der Waals surface area (Å²) in [6.45, 7) is 2.80. The third kappa shape index (κ3) is 1.54. The molecule has 0 radical (unpaired) electrons. The van der Waals surface area contributed by atoms with E-state index in [1.165, 1.54) is 5.01 Å². The predicted octanol–water partition coefficient (Wildman–Crippen LogP) is 2.67.